The van der Waals surface area contributed by atoms with Crippen LogP contribution in [0.2, 0.25) is 0 Å². The molecule has 0 aliphatic rings. The van der Waals surface area contributed by atoms with Gasteiger partial charge in [-0.3, -0.25) is 9.59 Å². The van der Waals surface area contributed by atoms with Gasteiger partial charge in [0.2, 0.25) is 11.7 Å². The Bertz CT molecular complexity index is 604. The molecule has 8 heteroatoms. The van der Waals surface area contributed by atoms with Crippen LogP contribution in [0.1, 0.15) is 37.0 Å². The van der Waals surface area contributed by atoms with Crippen LogP contribution in [0.15, 0.2) is 12.1 Å². The largest absolute Gasteiger partial charge is 0.493 e. The molecule has 0 spiro atoms. The number of carbonyl (C=O) groups excluding carboxylic acids is 2. The number of nitrogens with one attached hydrogen (secondary N) is 1. The number of ether oxygens (including phenoxy) is 3. The number of hydrogen-bond donors (Lipinski definition) is 2. The highest BCUT2D eigenvalue weighted by Gasteiger charge is 2.26. The maximum atomic E-state index is 12.6. The first kappa shape index (κ1) is 22.6. The van der Waals surface area contributed by atoms with Crippen LogP contribution in [0.3, 0.4) is 0 Å². The Hall–Kier alpha value is -2.48. The Labute approximate surface area is 160 Å². The van der Waals surface area contributed by atoms with Crippen molar-refractivity contribution in [2.24, 2.45) is 0 Å². The van der Waals surface area contributed by atoms with Crippen molar-refractivity contribution in [2.45, 2.75) is 32.7 Å². The van der Waals surface area contributed by atoms with Gasteiger partial charge in [0.05, 0.1) is 27.9 Å². The maximum absolute atomic E-state index is 12.6. The minimum absolute atomic E-state index is 0.230. The van der Waals surface area contributed by atoms with Crippen molar-refractivity contribution >= 4 is 11.8 Å². The van der Waals surface area contributed by atoms with Crippen LogP contribution in [0.25, 0.3) is 0 Å². The molecular weight excluding hydrogens is 352 g/mol. The van der Waals surface area contributed by atoms with E-state index < -0.39 is 18.6 Å². The van der Waals surface area contributed by atoms with Crippen molar-refractivity contribution in [1.82, 2.24) is 10.2 Å². The molecule has 2 N–H and O–H groups in total. The van der Waals surface area contributed by atoms with Crippen LogP contribution in [-0.2, 0) is 4.79 Å². The van der Waals surface area contributed by atoms with Crippen LogP contribution >= 0.6 is 0 Å². The van der Waals surface area contributed by atoms with Crippen LogP contribution in [0.5, 0.6) is 17.2 Å². The quantitative estimate of drug-likeness (QED) is 0.601. The highest BCUT2D eigenvalue weighted by molar-refractivity contribution is 5.98. The molecule has 1 rings (SSSR count). The number of methoxy groups -OCH3 is 3. The van der Waals surface area contributed by atoms with E-state index in [-0.39, 0.29) is 11.5 Å². The molecule has 1 unspecified atom stereocenters. The molecule has 0 saturated heterocycles. The zero-order valence-corrected chi connectivity index (χ0v) is 16.7. The standard InChI is InChI=1S/C19H30N2O6/c1-6-8-21(9-7-2)19(24)14(12-22)20-18(23)13-10-15(25-3)17(27-5)16(11-13)26-4/h10-11,14,22H,6-9,12H2,1-5H3,(H,20,23). The van der Waals surface area contributed by atoms with Crippen molar-refractivity contribution < 1.29 is 28.9 Å². The van der Waals surface area contributed by atoms with Gasteiger partial charge in [-0.2, -0.15) is 0 Å². The first-order valence-corrected chi connectivity index (χ1v) is 8.97. The van der Waals surface area contributed by atoms with E-state index in [0.717, 1.165) is 12.8 Å². The summed E-state index contributed by atoms with van der Waals surface area (Å²) in [4.78, 5) is 26.9. The maximum Gasteiger partial charge on any atom is 0.252 e. The number of aliphatic hydroxyl groups excluding tert-OH is 1. The van der Waals surface area contributed by atoms with E-state index in [9.17, 15) is 14.7 Å². The third-order valence-electron chi connectivity index (χ3n) is 4.01. The molecule has 152 valence electrons. The highest BCUT2D eigenvalue weighted by atomic mass is 16.5. The van der Waals surface area contributed by atoms with Gasteiger partial charge in [-0.1, -0.05) is 13.8 Å². The second-order valence-electron chi connectivity index (χ2n) is 5.95. The summed E-state index contributed by atoms with van der Waals surface area (Å²) in [5, 5.41) is 12.2. The predicted octanol–water partition coefficient (Wildman–Crippen LogP) is 1.45. The van der Waals surface area contributed by atoms with Crippen molar-refractivity contribution in [3.8, 4) is 17.2 Å². The minimum atomic E-state index is -1.02. The topological polar surface area (TPSA) is 97.3 Å². The zero-order chi connectivity index (χ0) is 20.4. The SMILES string of the molecule is CCCN(CCC)C(=O)C(CO)NC(=O)c1cc(OC)c(OC)c(OC)c1. The van der Waals surface area contributed by atoms with Crippen molar-refractivity contribution in [3.63, 3.8) is 0 Å². The molecule has 0 aromatic heterocycles. The lowest BCUT2D eigenvalue weighted by Gasteiger charge is -2.26. The number of carbonyl (C=O) groups is 2. The van der Waals surface area contributed by atoms with Gasteiger partial charge in [-0.25, -0.2) is 0 Å². The summed E-state index contributed by atoms with van der Waals surface area (Å²) in [6.07, 6.45) is 1.59. The summed E-state index contributed by atoms with van der Waals surface area (Å²) in [6.45, 7) is 4.60. The van der Waals surface area contributed by atoms with Crippen LogP contribution in [-0.4, -0.2) is 68.9 Å². The van der Waals surface area contributed by atoms with E-state index >= 15 is 0 Å². The minimum Gasteiger partial charge on any atom is -0.493 e. The lowest BCUT2D eigenvalue weighted by atomic mass is 10.1. The molecule has 0 radical (unpaired) electrons. The summed E-state index contributed by atoms with van der Waals surface area (Å²) >= 11 is 0. The number of amides is 2. The van der Waals surface area contributed by atoms with Crippen molar-refractivity contribution in [3.05, 3.63) is 17.7 Å². The van der Waals surface area contributed by atoms with E-state index in [4.69, 9.17) is 14.2 Å². The summed E-state index contributed by atoms with van der Waals surface area (Å²) in [7, 11) is 4.37. The normalized spacial score (nSPS) is 11.5. The van der Waals surface area contributed by atoms with E-state index in [1.54, 1.807) is 4.90 Å². The summed E-state index contributed by atoms with van der Waals surface area (Å²) in [5.74, 6) is 0.194. The third-order valence-corrected chi connectivity index (χ3v) is 4.01. The zero-order valence-electron chi connectivity index (χ0n) is 16.7. The molecule has 1 aromatic carbocycles. The lowest BCUT2D eigenvalue weighted by molar-refractivity contribution is -0.134. The summed E-state index contributed by atoms with van der Waals surface area (Å²) in [6, 6.07) is 1.96. The molecule has 0 bridgehead atoms. The summed E-state index contributed by atoms with van der Waals surface area (Å²) < 4.78 is 15.7. The summed E-state index contributed by atoms with van der Waals surface area (Å²) in [5.41, 5.74) is 0.230. The van der Waals surface area contributed by atoms with E-state index in [1.807, 2.05) is 13.8 Å². The lowest BCUT2D eigenvalue weighted by Crippen LogP contribution is -2.51. The smallest absolute Gasteiger partial charge is 0.252 e. The van der Waals surface area contributed by atoms with Gasteiger partial charge in [0, 0.05) is 18.7 Å². The molecule has 27 heavy (non-hydrogen) atoms. The fourth-order valence-corrected chi connectivity index (χ4v) is 2.73. The van der Waals surface area contributed by atoms with Gasteiger partial charge in [0.1, 0.15) is 6.04 Å². The highest BCUT2D eigenvalue weighted by Crippen LogP contribution is 2.38. The van der Waals surface area contributed by atoms with Gasteiger partial charge in [0.25, 0.3) is 5.91 Å². The molecule has 2 amide bonds. The molecule has 0 aliphatic heterocycles. The average Bonchev–Trinajstić information content (AvgIpc) is 2.69. The molecule has 0 fully saturated rings. The fraction of sp³-hybridized carbons (Fsp3) is 0.579. The Balaban J connectivity index is 3.05. The average molecular weight is 382 g/mol. The first-order valence-electron chi connectivity index (χ1n) is 8.97. The monoisotopic (exact) mass is 382 g/mol. The number of benzene rings is 1. The Morgan fingerprint density at radius 2 is 1.56 bits per heavy atom. The first-order chi connectivity index (χ1) is 13.0. The van der Waals surface area contributed by atoms with Gasteiger partial charge in [-0.05, 0) is 25.0 Å². The predicted molar refractivity (Wildman–Crippen MR) is 102 cm³/mol. The van der Waals surface area contributed by atoms with Gasteiger partial charge >= 0.3 is 0 Å². The van der Waals surface area contributed by atoms with Crippen LogP contribution < -0.4 is 19.5 Å². The van der Waals surface area contributed by atoms with Crippen LogP contribution in [0.4, 0.5) is 0 Å². The van der Waals surface area contributed by atoms with Gasteiger partial charge in [-0.15, -0.1) is 0 Å². The van der Waals surface area contributed by atoms with E-state index in [2.05, 4.69) is 5.32 Å². The van der Waals surface area contributed by atoms with E-state index in [1.165, 1.54) is 33.5 Å². The number of nitrogens with zero attached hydrogens (tertiary/aromatic N) is 1. The third kappa shape index (κ3) is 5.75. The molecule has 0 saturated carbocycles. The number of hydrogen-bond acceptors (Lipinski definition) is 6. The van der Waals surface area contributed by atoms with Gasteiger partial charge < -0.3 is 29.5 Å². The van der Waals surface area contributed by atoms with Crippen molar-refractivity contribution in [2.75, 3.05) is 41.0 Å². The second-order valence-corrected chi connectivity index (χ2v) is 5.95. The molecule has 8 nitrogen and oxygen atoms in total. The fourth-order valence-electron chi connectivity index (χ4n) is 2.73. The number of rotatable bonds is 11. The molecule has 1 aromatic rings. The molecule has 0 aliphatic carbocycles. The number of aliphatic hydroxyl groups is 1. The second kappa shape index (κ2) is 11.3. The molecule has 0 heterocycles. The Morgan fingerprint density at radius 3 is 1.93 bits per heavy atom. The van der Waals surface area contributed by atoms with Gasteiger partial charge in [0.15, 0.2) is 11.5 Å². The Morgan fingerprint density at radius 1 is 1.04 bits per heavy atom. The Kier molecular flexibility index (Phi) is 9.42. The van der Waals surface area contributed by atoms with Crippen LogP contribution in [0, 0.1) is 0 Å². The molecule has 1 atom stereocenters. The van der Waals surface area contributed by atoms with Crippen molar-refractivity contribution in [1.29, 1.82) is 0 Å². The van der Waals surface area contributed by atoms with E-state index in [0.29, 0.717) is 30.3 Å². The molecular formula is C19H30N2O6.